The number of esters is 1. The second kappa shape index (κ2) is 10.1. The molecule has 3 aromatic carbocycles. The van der Waals surface area contributed by atoms with Gasteiger partial charge in [-0.05, 0) is 35.4 Å². The Morgan fingerprint density at radius 1 is 0.781 bits per heavy atom. The number of benzene rings is 3. The van der Waals surface area contributed by atoms with Gasteiger partial charge < -0.3 is 15.4 Å². The first-order valence-electron chi connectivity index (χ1n) is 10.8. The summed E-state index contributed by atoms with van der Waals surface area (Å²) >= 11 is 0. The number of nitrogens with two attached hydrogens (primary N) is 1. The average molecular weight is 430 g/mol. The lowest BCUT2D eigenvalue weighted by molar-refractivity contribution is -0.136. The van der Waals surface area contributed by atoms with Gasteiger partial charge in [0.25, 0.3) is 5.91 Å². The Morgan fingerprint density at radius 2 is 1.31 bits per heavy atom. The summed E-state index contributed by atoms with van der Waals surface area (Å²) in [5, 5.41) is 0. The van der Waals surface area contributed by atoms with E-state index in [2.05, 4.69) is 53.4 Å². The topological polar surface area (TPSA) is 75.9 Å². The Bertz CT molecular complexity index is 991. The summed E-state index contributed by atoms with van der Waals surface area (Å²) in [4.78, 5) is 28.9. The maximum absolute atomic E-state index is 12.6. The van der Waals surface area contributed by atoms with Crippen LogP contribution < -0.4 is 5.73 Å². The largest absolute Gasteiger partial charge is 0.452 e. The van der Waals surface area contributed by atoms with Gasteiger partial charge in [-0.2, -0.15) is 0 Å². The van der Waals surface area contributed by atoms with Crippen molar-refractivity contribution in [1.29, 1.82) is 0 Å². The number of nitrogens with zero attached hydrogens (tertiary/aromatic N) is 2. The first-order valence-corrected chi connectivity index (χ1v) is 10.8. The van der Waals surface area contributed by atoms with Gasteiger partial charge in [-0.3, -0.25) is 9.69 Å². The number of piperazine rings is 1. The van der Waals surface area contributed by atoms with Gasteiger partial charge >= 0.3 is 5.97 Å². The number of nitrogen functional groups attached to an aromatic ring is 1. The van der Waals surface area contributed by atoms with Crippen molar-refractivity contribution in [3.05, 3.63) is 102 Å². The van der Waals surface area contributed by atoms with E-state index in [9.17, 15) is 9.59 Å². The Morgan fingerprint density at radius 3 is 1.84 bits per heavy atom. The number of hydrogen-bond acceptors (Lipinski definition) is 5. The Kier molecular flexibility index (Phi) is 6.82. The molecule has 1 saturated heterocycles. The lowest BCUT2D eigenvalue weighted by atomic mass is 9.96. The molecular weight excluding hydrogens is 402 g/mol. The molecule has 0 unspecified atom stereocenters. The second-order valence-electron chi connectivity index (χ2n) is 7.84. The molecule has 1 fully saturated rings. The van der Waals surface area contributed by atoms with Gasteiger partial charge in [0.15, 0.2) is 6.61 Å². The molecule has 6 heteroatoms. The monoisotopic (exact) mass is 429 g/mol. The minimum atomic E-state index is -0.523. The number of carbonyl (C=O) groups is 2. The van der Waals surface area contributed by atoms with Gasteiger partial charge in [-0.1, -0.05) is 60.7 Å². The van der Waals surface area contributed by atoms with E-state index in [-0.39, 0.29) is 18.6 Å². The molecule has 1 amide bonds. The van der Waals surface area contributed by atoms with Gasteiger partial charge in [0.05, 0.1) is 11.6 Å². The molecule has 1 aliphatic heterocycles. The zero-order valence-corrected chi connectivity index (χ0v) is 17.9. The fraction of sp³-hybridized carbons (Fsp3) is 0.231. The number of ether oxygens (including phenoxy) is 1. The molecule has 0 saturated carbocycles. The number of hydrogen-bond donors (Lipinski definition) is 1. The van der Waals surface area contributed by atoms with E-state index in [1.807, 2.05) is 12.1 Å². The van der Waals surface area contributed by atoms with Crippen LogP contribution in [0.1, 0.15) is 27.5 Å². The lowest BCUT2D eigenvalue weighted by Crippen LogP contribution is -2.50. The van der Waals surface area contributed by atoms with Gasteiger partial charge in [-0.25, -0.2) is 4.79 Å². The zero-order valence-electron chi connectivity index (χ0n) is 17.9. The van der Waals surface area contributed by atoms with Crippen molar-refractivity contribution in [1.82, 2.24) is 9.80 Å². The Balaban J connectivity index is 1.35. The molecular formula is C26H27N3O3. The highest BCUT2D eigenvalue weighted by Gasteiger charge is 2.28. The summed E-state index contributed by atoms with van der Waals surface area (Å²) < 4.78 is 5.21. The third-order valence-corrected chi connectivity index (χ3v) is 5.74. The molecule has 6 nitrogen and oxygen atoms in total. The third-order valence-electron chi connectivity index (χ3n) is 5.74. The quantitative estimate of drug-likeness (QED) is 0.480. The first kappa shape index (κ1) is 21.6. The highest BCUT2D eigenvalue weighted by atomic mass is 16.5. The molecule has 0 aliphatic carbocycles. The van der Waals surface area contributed by atoms with E-state index in [0.29, 0.717) is 24.3 Å². The Hall–Kier alpha value is -3.64. The van der Waals surface area contributed by atoms with Crippen LogP contribution in [0.5, 0.6) is 0 Å². The Labute approximate surface area is 188 Å². The molecule has 32 heavy (non-hydrogen) atoms. The van der Waals surface area contributed by atoms with E-state index in [4.69, 9.17) is 10.5 Å². The molecule has 1 heterocycles. The summed E-state index contributed by atoms with van der Waals surface area (Å²) in [6.45, 7) is 2.41. The summed E-state index contributed by atoms with van der Waals surface area (Å²) in [5.74, 6) is -0.699. The summed E-state index contributed by atoms with van der Waals surface area (Å²) in [5.41, 5.74) is 9.05. The highest BCUT2D eigenvalue weighted by molar-refractivity contribution is 5.91. The van der Waals surface area contributed by atoms with Gasteiger partial charge in [0.1, 0.15) is 0 Å². The molecule has 0 spiro atoms. The van der Waals surface area contributed by atoms with Crippen LogP contribution in [0.25, 0.3) is 0 Å². The fourth-order valence-electron chi connectivity index (χ4n) is 4.04. The predicted molar refractivity (Wildman–Crippen MR) is 124 cm³/mol. The van der Waals surface area contributed by atoms with Crippen molar-refractivity contribution in [3.63, 3.8) is 0 Å². The molecule has 0 atom stereocenters. The minimum absolute atomic E-state index is 0.137. The van der Waals surface area contributed by atoms with Crippen LogP contribution in [0.15, 0.2) is 84.9 Å². The highest BCUT2D eigenvalue weighted by Crippen LogP contribution is 2.29. The standard InChI is InChI=1S/C26H27N3O3/c27-23-13-11-22(12-14-23)26(31)32-19-24(30)28-15-17-29(18-16-28)25(20-7-3-1-4-8-20)21-9-5-2-6-10-21/h1-14,25H,15-19,27H2. The summed E-state index contributed by atoms with van der Waals surface area (Å²) in [6, 6.07) is 27.4. The van der Waals surface area contributed by atoms with Crippen LogP contribution in [0.2, 0.25) is 0 Å². The van der Waals surface area contributed by atoms with Crippen LogP contribution >= 0.6 is 0 Å². The van der Waals surface area contributed by atoms with Crippen molar-refractivity contribution in [2.45, 2.75) is 6.04 Å². The van der Waals surface area contributed by atoms with Crippen molar-refractivity contribution in [2.24, 2.45) is 0 Å². The van der Waals surface area contributed by atoms with E-state index in [0.717, 1.165) is 13.1 Å². The minimum Gasteiger partial charge on any atom is -0.452 e. The molecule has 0 bridgehead atoms. The van der Waals surface area contributed by atoms with E-state index < -0.39 is 5.97 Å². The van der Waals surface area contributed by atoms with Gasteiger partial charge in [0.2, 0.25) is 0 Å². The number of amides is 1. The number of anilines is 1. The maximum Gasteiger partial charge on any atom is 0.338 e. The zero-order chi connectivity index (χ0) is 22.3. The SMILES string of the molecule is Nc1ccc(C(=O)OCC(=O)N2CCN(C(c3ccccc3)c3ccccc3)CC2)cc1. The molecule has 0 radical (unpaired) electrons. The maximum atomic E-state index is 12.6. The first-order chi connectivity index (χ1) is 15.6. The van der Waals surface area contributed by atoms with Crippen LogP contribution in [-0.2, 0) is 9.53 Å². The molecule has 2 N–H and O–H groups in total. The molecule has 3 aromatic rings. The van der Waals surface area contributed by atoms with Crippen molar-refractivity contribution in [3.8, 4) is 0 Å². The number of rotatable bonds is 6. The van der Waals surface area contributed by atoms with Gasteiger partial charge in [0, 0.05) is 31.9 Å². The van der Waals surface area contributed by atoms with E-state index in [1.54, 1.807) is 29.2 Å². The second-order valence-corrected chi connectivity index (χ2v) is 7.84. The summed E-state index contributed by atoms with van der Waals surface area (Å²) in [6.07, 6.45) is 0. The van der Waals surface area contributed by atoms with Crippen LogP contribution in [0.3, 0.4) is 0 Å². The van der Waals surface area contributed by atoms with E-state index in [1.165, 1.54) is 11.1 Å². The van der Waals surface area contributed by atoms with Crippen LogP contribution in [-0.4, -0.2) is 54.5 Å². The smallest absolute Gasteiger partial charge is 0.338 e. The van der Waals surface area contributed by atoms with Crippen molar-refractivity contribution < 1.29 is 14.3 Å². The average Bonchev–Trinajstić information content (AvgIpc) is 2.85. The fourth-order valence-corrected chi connectivity index (χ4v) is 4.04. The summed E-state index contributed by atoms with van der Waals surface area (Å²) in [7, 11) is 0. The van der Waals surface area contributed by atoms with Gasteiger partial charge in [-0.15, -0.1) is 0 Å². The lowest BCUT2D eigenvalue weighted by Gasteiger charge is -2.39. The van der Waals surface area contributed by atoms with Crippen LogP contribution in [0, 0.1) is 0 Å². The molecule has 164 valence electrons. The van der Waals surface area contributed by atoms with Crippen molar-refractivity contribution in [2.75, 3.05) is 38.5 Å². The van der Waals surface area contributed by atoms with Crippen LogP contribution in [0.4, 0.5) is 5.69 Å². The normalized spacial score (nSPS) is 14.3. The van der Waals surface area contributed by atoms with Crippen molar-refractivity contribution >= 4 is 17.6 Å². The number of carbonyl (C=O) groups excluding carboxylic acids is 2. The predicted octanol–water partition coefficient (Wildman–Crippen LogP) is 3.36. The third kappa shape index (κ3) is 5.15. The molecule has 1 aliphatic rings. The molecule has 4 rings (SSSR count). The molecule has 0 aromatic heterocycles. The van der Waals surface area contributed by atoms with E-state index >= 15 is 0 Å².